The molecule has 1 aromatic rings. The molecule has 3 rings (SSSR count). The fraction of sp³-hybridized carbons (Fsp3) is 0.375. The van der Waals surface area contributed by atoms with Crippen molar-refractivity contribution < 1.29 is 32.3 Å². The number of anilines is 1. The number of fused-ring (bicyclic) bond motifs is 1. The first kappa shape index (κ1) is 20.0. The maximum Gasteiger partial charge on any atom is 0.573 e. The van der Waals surface area contributed by atoms with Crippen LogP contribution in [0, 0.1) is 0 Å². The number of hydrazine groups is 1. The Morgan fingerprint density at radius 2 is 2.04 bits per heavy atom. The van der Waals surface area contributed by atoms with Gasteiger partial charge in [0, 0.05) is 11.8 Å². The summed E-state index contributed by atoms with van der Waals surface area (Å²) in [4.78, 5) is 37.3. The molecule has 0 bridgehead atoms. The van der Waals surface area contributed by atoms with Crippen LogP contribution in [-0.4, -0.2) is 50.8 Å². The SMILES string of the molecule is CC1(C)C(=O)NC(=S)N2C(=O)C[C@H](C(=O)Nc3cccc(OC(F)(F)F)c3)N21. The van der Waals surface area contributed by atoms with Crippen LogP contribution < -0.4 is 15.4 Å². The summed E-state index contributed by atoms with van der Waals surface area (Å²) in [6.45, 7) is 3.04. The number of alkyl halides is 3. The number of thiocarbonyl (C=S) groups is 1. The van der Waals surface area contributed by atoms with Crippen molar-refractivity contribution in [2.75, 3.05) is 5.32 Å². The van der Waals surface area contributed by atoms with E-state index in [2.05, 4.69) is 15.4 Å². The lowest BCUT2D eigenvalue weighted by Gasteiger charge is -2.45. The van der Waals surface area contributed by atoms with Gasteiger partial charge in [-0.3, -0.25) is 19.7 Å². The van der Waals surface area contributed by atoms with Crippen LogP contribution >= 0.6 is 12.2 Å². The molecule has 1 aromatic carbocycles. The Morgan fingerprint density at radius 3 is 2.68 bits per heavy atom. The summed E-state index contributed by atoms with van der Waals surface area (Å²) in [5, 5.41) is 7.07. The summed E-state index contributed by atoms with van der Waals surface area (Å²) in [7, 11) is 0. The van der Waals surface area contributed by atoms with Gasteiger partial charge in [0.15, 0.2) is 5.11 Å². The molecule has 0 spiro atoms. The van der Waals surface area contributed by atoms with Gasteiger partial charge in [0.1, 0.15) is 17.3 Å². The zero-order valence-corrected chi connectivity index (χ0v) is 15.5. The average molecular weight is 416 g/mol. The van der Waals surface area contributed by atoms with E-state index in [9.17, 15) is 27.6 Å². The molecule has 2 heterocycles. The Balaban J connectivity index is 1.83. The minimum atomic E-state index is -4.87. The van der Waals surface area contributed by atoms with Gasteiger partial charge in [-0.15, -0.1) is 13.2 Å². The molecule has 8 nitrogen and oxygen atoms in total. The summed E-state index contributed by atoms with van der Waals surface area (Å²) < 4.78 is 40.9. The van der Waals surface area contributed by atoms with E-state index >= 15 is 0 Å². The minimum Gasteiger partial charge on any atom is -0.406 e. The summed E-state index contributed by atoms with van der Waals surface area (Å²) in [6, 6.07) is 3.66. The van der Waals surface area contributed by atoms with Gasteiger partial charge < -0.3 is 10.1 Å². The first-order valence-electron chi connectivity index (χ1n) is 8.04. The molecule has 0 aromatic heterocycles. The van der Waals surface area contributed by atoms with E-state index in [1.165, 1.54) is 31.0 Å². The predicted octanol–water partition coefficient (Wildman–Crippen LogP) is 1.53. The number of hydrogen-bond donors (Lipinski definition) is 2. The van der Waals surface area contributed by atoms with Crippen molar-refractivity contribution in [1.29, 1.82) is 0 Å². The predicted molar refractivity (Wildman–Crippen MR) is 93.7 cm³/mol. The molecule has 2 saturated heterocycles. The lowest BCUT2D eigenvalue weighted by Crippen LogP contribution is -2.71. The van der Waals surface area contributed by atoms with Crippen LogP contribution in [0.1, 0.15) is 20.3 Å². The number of halogens is 3. The lowest BCUT2D eigenvalue weighted by atomic mass is 10.00. The second kappa shape index (κ2) is 6.71. The summed E-state index contributed by atoms with van der Waals surface area (Å²) >= 11 is 5.01. The molecule has 2 aliphatic heterocycles. The Labute approximate surface area is 162 Å². The van der Waals surface area contributed by atoms with Crippen molar-refractivity contribution in [3.05, 3.63) is 24.3 Å². The molecule has 0 unspecified atom stereocenters. The molecule has 0 aliphatic carbocycles. The fourth-order valence-corrected chi connectivity index (χ4v) is 3.34. The molecular formula is C16H15F3N4O4S. The van der Waals surface area contributed by atoms with Crippen molar-refractivity contribution in [2.24, 2.45) is 0 Å². The quantitative estimate of drug-likeness (QED) is 0.727. The average Bonchev–Trinajstić information content (AvgIpc) is 2.91. The van der Waals surface area contributed by atoms with E-state index in [1.54, 1.807) is 0 Å². The van der Waals surface area contributed by atoms with Crippen molar-refractivity contribution in [3.63, 3.8) is 0 Å². The van der Waals surface area contributed by atoms with E-state index in [0.717, 1.165) is 17.1 Å². The lowest BCUT2D eigenvalue weighted by molar-refractivity contribution is -0.274. The highest BCUT2D eigenvalue weighted by Gasteiger charge is 2.56. The van der Waals surface area contributed by atoms with Gasteiger partial charge in [-0.1, -0.05) is 6.07 Å². The Morgan fingerprint density at radius 1 is 1.36 bits per heavy atom. The molecule has 2 N–H and O–H groups in total. The molecule has 3 amide bonds. The van der Waals surface area contributed by atoms with E-state index in [-0.39, 0.29) is 17.2 Å². The van der Waals surface area contributed by atoms with Crippen molar-refractivity contribution in [3.8, 4) is 5.75 Å². The second-order valence-corrected chi connectivity index (χ2v) is 7.04. The third-order valence-electron chi connectivity index (χ3n) is 4.29. The topological polar surface area (TPSA) is 91.0 Å². The second-order valence-electron chi connectivity index (χ2n) is 6.65. The molecule has 0 saturated carbocycles. The smallest absolute Gasteiger partial charge is 0.406 e. The van der Waals surface area contributed by atoms with E-state index in [0.29, 0.717) is 0 Å². The van der Waals surface area contributed by atoms with Crippen molar-refractivity contribution in [1.82, 2.24) is 15.3 Å². The number of benzene rings is 1. The molecule has 28 heavy (non-hydrogen) atoms. The maximum atomic E-state index is 12.7. The zero-order chi connectivity index (χ0) is 20.9. The largest absolute Gasteiger partial charge is 0.573 e. The maximum absolute atomic E-state index is 12.7. The number of nitrogens with zero attached hydrogens (tertiary/aromatic N) is 2. The molecule has 2 aliphatic rings. The first-order chi connectivity index (χ1) is 12.9. The van der Waals surface area contributed by atoms with Gasteiger partial charge in [0.2, 0.25) is 17.7 Å². The monoisotopic (exact) mass is 416 g/mol. The highest BCUT2D eigenvalue weighted by atomic mass is 32.1. The summed E-state index contributed by atoms with van der Waals surface area (Å²) in [6.07, 6.45) is -5.12. The van der Waals surface area contributed by atoms with Gasteiger partial charge in [-0.05, 0) is 38.2 Å². The normalized spacial score (nSPS) is 22.0. The van der Waals surface area contributed by atoms with Gasteiger partial charge in [-0.2, -0.15) is 5.01 Å². The highest BCUT2D eigenvalue weighted by Crippen LogP contribution is 2.33. The summed E-state index contributed by atoms with van der Waals surface area (Å²) in [5.74, 6) is -2.15. The Kier molecular flexibility index (Phi) is 4.79. The highest BCUT2D eigenvalue weighted by molar-refractivity contribution is 7.80. The zero-order valence-electron chi connectivity index (χ0n) is 14.7. The van der Waals surface area contributed by atoms with E-state index < -0.39 is 41.4 Å². The minimum absolute atomic E-state index is 0.0412. The van der Waals surface area contributed by atoms with Crippen LogP contribution in [0.3, 0.4) is 0 Å². The van der Waals surface area contributed by atoms with Crippen LogP contribution in [0.2, 0.25) is 0 Å². The summed E-state index contributed by atoms with van der Waals surface area (Å²) in [5.41, 5.74) is -1.21. The van der Waals surface area contributed by atoms with Gasteiger partial charge in [0.05, 0.1) is 6.42 Å². The molecule has 150 valence electrons. The first-order valence-corrected chi connectivity index (χ1v) is 8.45. The van der Waals surface area contributed by atoms with E-state index in [4.69, 9.17) is 12.2 Å². The molecule has 12 heteroatoms. The Hall–Kier alpha value is -2.73. The van der Waals surface area contributed by atoms with Gasteiger partial charge in [0.25, 0.3) is 0 Å². The molecule has 1 atom stereocenters. The standard InChI is InChI=1S/C16H15F3N4O4S/c1-15(2)13(26)21-14(28)22-11(24)7-10(23(15)22)12(25)20-8-4-3-5-9(6-8)27-16(17,18)19/h3-6,10H,7H2,1-2H3,(H,20,25)(H,21,26,28)/t10-/m1/s1. The number of rotatable bonds is 3. The third-order valence-corrected chi connectivity index (χ3v) is 4.57. The number of ether oxygens (including phenoxy) is 1. The number of carbonyl (C=O) groups excluding carboxylic acids is 3. The van der Waals surface area contributed by atoms with Gasteiger partial charge in [-0.25, -0.2) is 5.01 Å². The van der Waals surface area contributed by atoms with Crippen LogP contribution in [-0.2, 0) is 14.4 Å². The van der Waals surface area contributed by atoms with Crippen LogP contribution in [0.25, 0.3) is 0 Å². The van der Waals surface area contributed by atoms with Crippen molar-refractivity contribution >= 4 is 40.7 Å². The third kappa shape index (κ3) is 3.64. The van der Waals surface area contributed by atoms with Crippen LogP contribution in [0.5, 0.6) is 5.75 Å². The van der Waals surface area contributed by atoms with Crippen LogP contribution in [0.15, 0.2) is 24.3 Å². The van der Waals surface area contributed by atoms with Gasteiger partial charge >= 0.3 is 6.36 Å². The fourth-order valence-electron chi connectivity index (χ4n) is 3.06. The van der Waals surface area contributed by atoms with E-state index in [1.807, 2.05) is 0 Å². The molecule has 0 radical (unpaired) electrons. The Bertz CT molecular complexity index is 874. The number of hydrogen-bond acceptors (Lipinski definition) is 6. The number of carbonyl (C=O) groups is 3. The molecular weight excluding hydrogens is 401 g/mol. The van der Waals surface area contributed by atoms with Crippen molar-refractivity contribution in [2.45, 2.75) is 38.2 Å². The van der Waals surface area contributed by atoms with Crippen LogP contribution in [0.4, 0.5) is 18.9 Å². The molecule has 2 fully saturated rings. The number of nitrogens with one attached hydrogen (secondary N) is 2. The number of amides is 3.